The van der Waals surface area contributed by atoms with Crippen LogP contribution in [0.3, 0.4) is 0 Å². The van der Waals surface area contributed by atoms with Crippen molar-refractivity contribution in [1.29, 1.82) is 0 Å². The molecule has 0 atom stereocenters. The molecule has 0 spiro atoms. The quantitative estimate of drug-likeness (QED) is 0.0692. The molecule has 0 unspecified atom stereocenters. The van der Waals surface area contributed by atoms with E-state index in [1.165, 1.54) is 76.5 Å². The summed E-state index contributed by atoms with van der Waals surface area (Å²) in [5, 5.41) is 9.47. The van der Waals surface area contributed by atoms with Gasteiger partial charge in [-0.1, -0.05) is 146 Å². The van der Waals surface area contributed by atoms with E-state index in [1.807, 2.05) is 86.6 Å². The molecule has 12 nitrogen and oxygen atoms in total. The molecular formula is C124H96B4N12Pt4. The second-order valence-electron chi connectivity index (χ2n) is 36.5. The van der Waals surface area contributed by atoms with E-state index in [4.69, 9.17) is 19.9 Å². The Balaban J connectivity index is 0.000000130. The Morgan fingerprint density at radius 2 is 0.535 bits per heavy atom. The van der Waals surface area contributed by atoms with E-state index < -0.39 is 0 Å². The van der Waals surface area contributed by atoms with Crippen molar-refractivity contribution in [1.82, 2.24) is 58.1 Å². The second-order valence-corrected chi connectivity index (χ2v) is 36.5. The Morgan fingerprint density at radius 3 is 0.882 bits per heavy atom. The number of para-hydroxylation sites is 4. The van der Waals surface area contributed by atoms with Gasteiger partial charge < -0.3 is 18.3 Å². The third-order valence-electron chi connectivity index (χ3n) is 26.8. The van der Waals surface area contributed by atoms with Crippen LogP contribution in [-0.4, -0.2) is 85.0 Å². The fraction of sp³-hybridized carbons (Fsp3) is 0.0968. The fourth-order valence-electron chi connectivity index (χ4n) is 19.0. The maximum atomic E-state index is 4.92. The van der Waals surface area contributed by atoms with Crippen LogP contribution in [0.4, 0.5) is 0 Å². The summed E-state index contributed by atoms with van der Waals surface area (Å²) < 4.78 is 8.86. The molecule has 24 rings (SSSR count). The normalized spacial score (nSPS) is 11.0. The Morgan fingerprint density at radius 1 is 0.215 bits per heavy atom. The van der Waals surface area contributed by atoms with Crippen LogP contribution in [-0.2, 0) is 84.3 Å². The molecule has 12 aromatic heterocycles. The average molecular weight is 2580 g/mol. The first-order valence-corrected chi connectivity index (χ1v) is 47.7. The number of hydrogen-bond acceptors (Lipinski definition) is 8. The number of rotatable bonds is 16. The van der Waals surface area contributed by atoms with Crippen molar-refractivity contribution in [3.63, 3.8) is 0 Å². The number of aryl methyl sites for hydroxylation is 8. The Bertz CT molecular complexity index is 8570. The van der Waals surface area contributed by atoms with Gasteiger partial charge in [0.15, 0.2) is 0 Å². The summed E-state index contributed by atoms with van der Waals surface area (Å²) in [5.74, 6) is 3.62. The smallest absolute Gasteiger partial charge is 0.314 e. The number of hydrogen-bond donors (Lipinski definition) is 0. The zero-order valence-corrected chi connectivity index (χ0v) is 90.7. The van der Waals surface area contributed by atoms with Crippen LogP contribution in [0.15, 0.2) is 365 Å². The summed E-state index contributed by atoms with van der Waals surface area (Å²) >= 11 is 0. The van der Waals surface area contributed by atoms with Gasteiger partial charge in [0.05, 0.1) is 0 Å². The number of fused-ring (bicyclic) bond motifs is 12. The minimum Gasteiger partial charge on any atom is -0.314 e. The van der Waals surface area contributed by atoms with E-state index in [-0.39, 0.29) is 111 Å². The van der Waals surface area contributed by atoms with Crippen LogP contribution >= 0.6 is 0 Å². The number of nitrogens with zero attached hydrogens (tertiary/aromatic N) is 12. The third kappa shape index (κ3) is 20.8. The standard InChI is InChI=1S/4C31H24BN3.4Pt/c1-21-16-17-33-31(18-21)35-28-12-5-4-11-26(28)27-15-14-24(20-29(27)35)23-9-7-10-25(19-23)32(3)30-13-6-8-22(2)34-30;1-21-14-17-31(34-22(21)2)35-28-12-5-4-11-26(28)27-16-15-24(20-29(27)35)23-9-8-10-25(19-23)32(3)30-13-6-7-18-33-30;1-21-15-16-33-31(17-21)35-28-10-5-4-9-26(28)27-13-12-24(19-29(27)35)23-7-6-8-25(18-23)32(3)30-14-11-22(2)20-34-30;1-21-13-15-33-30(17-21)32(3)25-8-6-7-23(19-25)24-11-12-27-26-9-4-5-10-28(26)35(29(27)20-24)31-18-22(2)14-16-34-31;;;;/h2*4-18H,1-3H3;4-17,20H,1-3H3;4-18H,1-3H3;;;;/q4*-2;4*+2. The summed E-state index contributed by atoms with van der Waals surface area (Å²) in [6, 6.07) is 143. The molecule has 24 aromatic rings. The second kappa shape index (κ2) is 44.5. The first-order valence-electron chi connectivity index (χ1n) is 47.7. The van der Waals surface area contributed by atoms with Crippen molar-refractivity contribution >= 4 is 158 Å². The molecule has 0 N–H and O–H groups in total. The SMILES string of the molecule is CB(c1[c-]c(-c2[c-]c3c(cc2)c2ccccc2n3-c2cc(C)ccn2)ccc1)c1cc(C)ccn1.CB(c1[c-]c(-c2[c-]c3c(cc2)c2ccccc2n3-c2cc(C)ccn2)ccc1)c1ccc(C)cn1.CB(c1[c-]c(-c2[c-]c3c(cc2)c2ccccc2n3-c2cc(C)ccn2)ccc1)c1cccc(C)n1.CB(c1[c-]c(-c2[c-]c3c(cc2)c2ccccc2n3-c2ccc(C)c(C)n2)ccc1)c1ccccn1.[Pt+2].[Pt+2].[Pt+2].[Pt+2]. The van der Waals surface area contributed by atoms with E-state index in [0.717, 1.165) is 168 Å². The Hall–Kier alpha value is -13.9. The van der Waals surface area contributed by atoms with E-state index in [2.05, 4.69) is 448 Å². The van der Waals surface area contributed by atoms with Gasteiger partial charge in [0.1, 0.15) is 23.3 Å². The first kappa shape index (κ1) is 102. The van der Waals surface area contributed by atoms with E-state index in [0.29, 0.717) is 0 Å². The summed E-state index contributed by atoms with van der Waals surface area (Å²) in [6.07, 6.45) is 11.3. The molecular weight excluding hydrogens is 2480 g/mol. The summed E-state index contributed by atoms with van der Waals surface area (Å²) in [7, 11) is 0. The molecule has 0 amide bonds. The van der Waals surface area contributed by atoms with Gasteiger partial charge in [-0.15, -0.1) is 48.5 Å². The van der Waals surface area contributed by atoms with E-state index in [1.54, 1.807) is 0 Å². The molecule has 0 aliphatic carbocycles. The summed E-state index contributed by atoms with van der Waals surface area (Å²) in [6.45, 7) is 26.0. The van der Waals surface area contributed by atoms with E-state index >= 15 is 0 Å². The zero-order chi connectivity index (χ0) is 95.8. The van der Waals surface area contributed by atoms with Gasteiger partial charge in [0, 0.05) is 93.0 Å². The Labute approximate surface area is 900 Å². The van der Waals surface area contributed by atoms with Crippen LogP contribution in [0.1, 0.15) is 44.8 Å². The average Bonchev–Trinajstić information content (AvgIpc) is 1.60. The van der Waals surface area contributed by atoms with Crippen LogP contribution in [0.25, 0.3) is 155 Å². The number of pyridine rings is 8. The van der Waals surface area contributed by atoms with Gasteiger partial charge in [-0.3, -0.25) is 19.9 Å². The molecule has 20 heteroatoms. The molecule has 12 aromatic carbocycles. The minimum absolute atomic E-state index is 0. The van der Waals surface area contributed by atoms with Gasteiger partial charge in [-0.2, -0.15) is 119 Å². The monoisotopic (exact) mass is 2580 g/mol. The number of aromatic nitrogens is 12. The van der Waals surface area contributed by atoms with Gasteiger partial charge >= 0.3 is 84.3 Å². The molecule has 0 saturated heterocycles. The molecule has 0 fully saturated rings. The van der Waals surface area contributed by atoms with Crippen molar-refractivity contribution in [2.45, 2.75) is 82.7 Å². The molecule has 0 radical (unpaired) electrons. The molecule has 0 saturated carbocycles. The molecule has 704 valence electrons. The minimum atomic E-state index is 0. The van der Waals surface area contributed by atoms with Crippen molar-refractivity contribution < 1.29 is 84.3 Å². The Kier molecular flexibility index (Phi) is 31.4. The first-order chi connectivity index (χ1) is 68.3. The fourth-order valence-corrected chi connectivity index (χ4v) is 19.0. The van der Waals surface area contributed by atoms with Crippen LogP contribution in [0, 0.1) is 104 Å². The largest absolute Gasteiger partial charge is 2.00 e. The maximum absolute atomic E-state index is 4.92. The third-order valence-corrected chi connectivity index (χ3v) is 26.8. The van der Waals surface area contributed by atoms with Gasteiger partial charge in [0.2, 0.25) is 26.9 Å². The van der Waals surface area contributed by atoms with Crippen LogP contribution in [0.2, 0.25) is 27.3 Å². The van der Waals surface area contributed by atoms with E-state index in [9.17, 15) is 0 Å². The molecule has 144 heavy (non-hydrogen) atoms. The molecule has 0 bridgehead atoms. The zero-order valence-electron chi connectivity index (χ0n) is 81.6. The van der Waals surface area contributed by atoms with Crippen LogP contribution in [0.5, 0.6) is 0 Å². The van der Waals surface area contributed by atoms with Gasteiger partial charge in [-0.05, 0) is 242 Å². The molecule has 12 heterocycles. The maximum Gasteiger partial charge on any atom is 2.00 e. The van der Waals surface area contributed by atoms with Crippen molar-refractivity contribution in [2.24, 2.45) is 0 Å². The summed E-state index contributed by atoms with van der Waals surface area (Å²) in [5.41, 5.74) is 34.6. The van der Waals surface area contributed by atoms with Crippen LogP contribution < -0.4 is 44.2 Å². The van der Waals surface area contributed by atoms with Crippen molar-refractivity contribution in [3.8, 4) is 67.8 Å². The topological polar surface area (TPSA) is 123 Å². The van der Waals surface area contributed by atoms with Gasteiger partial charge in [-0.25, -0.2) is 88.7 Å². The van der Waals surface area contributed by atoms with Crippen molar-refractivity contribution in [2.75, 3.05) is 0 Å². The molecule has 0 aliphatic rings. The van der Waals surface area contributed by atoms with Gasteiger partial charge in [0.25, 0.3) is 0 Å². The van der Waals surface area contributed by atoms with Crippen molar-refractivity contribution in [3.05, 3.63) is 458 Å². The summed E-state index contributed by atoms with van der Waals surface area (Å²) in [4.78, 5) is 37.5. The predicted molar refractivity (Wildman–Crippen MR) is 585 cm³/mol. The number of benzene rings is 12. The molecule has 0 aliphatic heterocycles. The predicted octanol–water partition coefficient (Wildman–Crippen LogP) is 22.8.